The summed E-state index contributed by atoms with van der Waals surface area (Å²) in [5.41, 5.74) is 3.35. The molecule has 0 bridgehead atoms. The predicted molar refractivity (Wildman–Crippen MR) is 117 cm³/mol. The Balaban J connectivity index is 1.46. The summed E-state index contributed by atoms with van der Waals surface area (Å²) >= 11 is 0. The smallest absolute Gasteiger partial charge is 0.243 e. The minimum absolute atomic E-state index is 0.0252. The van der Waals surface area contributed by atoms with Gasteiger partial charge >= 0.3 is 0 Å². The molecule has 1 aliphatic rings. The number of nitrogens with one attached hydrogen (secondary N) is 2. The summed E-state index contributed by atoms with van der Waals surface area (Å²) in [6.07, 6.45) is 4.65. The molecule has 2 N–H and O–H groups in total. The number of sulfonamides is 1. The zero-order valence-electron chi connectivity index (χ0n) is 18.0. The number of amides is 1. The average molecular weight is 433 g/mol. The second-order valence-corrected chi connectivity index (χ2v) is 10.3. The molecule has 0 radical (unpaired) electrons. The summed E-state index contributed by atoms with van der Waals surface area (Å²) in [5.74, 6) is 0.257. The number of hydrogen-bond acceptors (Lipinski definition) is 4. The van der Waals surface area contributed by atoms with Crippen molar-refractivity contribution in [2.75, 3.05) is 19.6 Å². The van der Waals surface area contributed by atoms with Crippen LogP contribution in [0.2, 0.25) is 0 Å². The predicted octanol–water partition coefficient (Wildman–Crippen LogP) is 2.99. The summed E-state index contributed by atoms with van der Waals surface area (Å²) in [5, 5.41) is 9.92. The van der Waals surface area contributed by atoms with Gasteiger partial charge in [0.15, 0.2) is 0 Å². The molecule has 30 heavy (non-hydrogen) atoms. The van der Waals surface area contributed by atoms with Gasteiger partial charge in [0.05, 0.1) is 11.1 Å². The zero-order chi connectivity index (χ0) is 21.7. The van der Waals surface area contributed by atoms with Crippen molar-refractivity contribution < 1.29 is 13.2 Å². The lowest BCUT2D eigenvalue weighted by molar-refractivity contribution is -0.126. The molecule has 0 atom stereocenters. The van der Waals surface area contributed by atoms with Crippen LogP contribution < -0.4 is 5.32 Å². The van der Waals surface area contributed by atoms with E-state index in [1.165, 1.54) is 9.87 Å². The average Bonchev–Trinajstić information content (AvgIpc) is 3.16. The van der Waals surface area contributed by atoms with Crippen molar-refractivity contribution >= 4 is 15.9 Å². The first-order valence-electron chi connectivity index (χ1n) is 10.7. The monoisotopic (exact) mass is 432 g/mol. The summed E-state index contributed by atoms with van der Waals surface area (Å²) in [7, 11) is -3.51. The van der Waals surface area contributed by atoms with Gasteiger partial charge in [0.2, 0.25) is 15.9 Å². The third-order valence-electron chi connectivity index (χ3n) is 5.87. The maximum absolute atomic E-state index is 12.9. The zero-order valence-corrected chi connectivity index (χ0v) is 18.8. The van der Waals surface area contributed by atoms with Crippen LogP contribution in [0, 0.1) is 12.8 Å². The first-order chi connectivity index (χ1) is 14.3. The van der Waals surface area contributed by atoms with Crippen LogP contribution in [-0.2, 0) is 21.2 Å². The maximum Gasteiger partial charge on any atom is 0.243 e. The first-order valence-corrected chi connectivity index (χ1v) is 12.1. The number of carbonyl (C=O) groups is 1. The standard InChI is InChI=1S/C22H32N4O3S/c1-16(2)18-6-8-21(9-7-18)30(28,29)26-13-10-19(11-14-26)22(27)23-12-4-5-20-15-24-25-17(20)3/h6-9,15-16,19H,4-5,10-14H2,1-3H3,(H,23,27)(H,24,25). The first kappa shape index (κ1) is 22.5. The van der Waals surface area contributed by atoms with Crippen LogP contribution in [0.4, 0.5) is 0 Å². The third kappa shape index (κ3) is 5.29. The van der Waals surface area contributed by atoms with Crippen molar-refractivity contribution in [3.8, 4) is 0 Å². The SMILES string of the molecule is Cc1[nH]ncc1CCCNC(=O)C1CCN(S(=O)(=O)c2ccc(C(C)C)cc2)CC1. The lowest BCUT2D eigenvalue weighted by Crippen LogP contribution is -2.43. The molecule has 2 heterocycles. The van der Waals surface area contributed by atoms with E-state index >= 15 is 0 Å². The second-order valence-electron chi connectivity index (χ2n) is 8.32. The summed E-state index contributed by atoms with van der Waals surface area (Å²) in [6.45, 7) is 7.52. The van der Waals surface area contributed by atoms with Crippen molar-refractivity contribution in [1.29, 1.82) is 0 Å². The molecule has 1 aliphatic heterocycles. The van der Waals surface area contributed by atoms with E-state index in [2.05, 4.69) is 29.4 Å². The van der Waals surface area contributed by atoms with Crippen molar-refractivity contribution in [1.82, 2.24) is 19.8 Å². The maximum atomic E-state index is 12.9. The van der Waals surface area contributed by atoms with E-state index < -0.39 is 10.0 Å². The van der Waals surface area contributed by atoms with Crippen LogP contribution >= 0.6 is 0 Å². The molecule has 1 amide bonds. The molecule has 0 aliphatic carbocycles. The molecular formula is C22H32N4O3S. The van der Waals surface area contributed by atoms with Gasteiger partial charge in [-0.05, 0) is 61.8 Å². The molecule has 3 rings (SSSR count). The van der Waals surface area contributed by atoms with Crippen molar-refractivity contribution in [3.05, 3.63) is 47.3 Å². The van der Waals surface area contributed by atoms with Crippen LogP contribution in [0.15, 0.2) is 35.4 Å². The number of nitrogens with zero attached hydrogens (tertiary/aromatic N) is 2. The van der Waals surface area contributed by atoms with E-state index in [4.69, 9.17) is 0 Å². The molecule has 0 saturated carbocycles. The van der Waals surface area contributed by atoms with Crippen LogP contribution in [-0.4, -0.2) is 48.5 Å². The van der Waals surface area contributed by atoms with Crippen LogP contribution in [0.5, 0.6) is 0 Å². The molecule has 0 unspecified atom stereocenters. The van der Waals surface area contributed by atoms with E-state index in [-0.39, 0.29) is 11.8 Å². The van der Waals surface area contributed by atoms with Crippen molar-refractivity contribution in [3.63, 3.8) is 0 Å². The highest BCUT2D eigenvalue weighted by Crippen LogP contribution is 2.25. The Kier molecular flexibility index (Phi) is 7.31. The fourth-order valence-corrected chi connectivity index (χ4v) is 5.26. The number of aromatic nitrogens is 2. The molecule has 1 fully saturated rings. The fourth-order valence-electron chi connectivity index (χ4n) is 3.79. The lowest BCUT2D eigenvalue weighted by atomic mass is 9.97. The highest BCUT2D eigenvalue weighted by Gasteiger charge is 2.32. The molecule has 0 spiro atoms. The van der Waals surface area contributed by atoms with Crippen LogP contribution in [0.1, 0.15) is 55.8 Å². The molecule has 1 aromatic carbocycles. The van der Waals surface area contributed by atoms with Gasteiger partial charge in [0.1, 0.15) is 0 Å². The summed E-state index contributed by atoms with van der Waals surface area (Å²) < 4.78 is 27.3. The topological polar surface area (TPSA) is 95.2 Å². The quantitative estimate of drug-likeness (QED) is 0.627. The lowest BCUT2D eigenvalue weighted by Gasteiger charge is -2.30. The van der Waals surface area contributed by atoms with Crippen molar-refractivity contribution in [2.24, 2.45) is 5.92 Å². The number of benzene rings is 1. The van der Waals surface area contributed by atoms with Gasteiger partial charge in [-0.2, -0.15) is 9.40 Å². The van der Waals surface area contributed by atoms with Gasteiger partial charge in [0, 0.05) is 31.2 Å². The number of hydrogen-bond donors (Lipinski definition) is 2. The fraction of sp³-hybridized carbons (Fsp3) is 0.545. The van der Waals surface area contributed by atoms with Crippen LogP contribution in [0.3, 0.4) is 0 Å². The largest absolute Gasteiger partial charge is 0.356 e. The van der Waals surface area contributed by atoms with Crippen molar-refractivity contribution in [2.45, 2.75) is 57.3 Å². The molecule has 164 valence electrons. The normalized spacial score (nSPS) is 16.1. The highest BCUT2D eigenvalue weighted by atomic mass is 32.2. The van der Waals surface area contributed by atoms with E-state index in [0.717, 1.165) is 24.1 Å². The number of rotatable bonds is 8. The Morgan fingerprint density at radius 1 is 1.23 bits per heavy atom. The van der Waals surface area contributed by atoms with Gasteiger partial charge in [-0.25, -0.2) is 8.42 Å². The Hall–Kier alpha value is -2.19. The number of H-pyrrole nitrogens is 1. The molecule has 1 saturated heterocycles. The van der Waals surface area contributed by atoms with Gasteiger partial charge in [-0.15, -0.1) is 0 Å². The molecule has 8 heteroatoms. The van der Waals surface area contributed by atoms with E-state index in [9.17, 15) is 13.2 Å². The number of aromatic amines is 1. The molecule has 7 nitrogen and oxygen atoms in total. The Bertz CT molecular complexity index is 943. The van der Waals surface area contributed by atoms with Gasteiger partial charge in [-0.1, -0.05) is 26.0 Å². The molecule has 2 aromatic rings. The van der Waals surface area contributed by atoms with E-state index in [1.54, 1.807) is 12.1 Å². The third-order valence-corrected chi connectivity index (χ3v) is 7.78. The van der Waals surface area contributed by atoms with E-state index in [0.29, 0.717) is 43.3 Å². The highest BCUT2D eigenvalue weighted by molar-refractivity contribution is 7.89. The summed E-state index contributed by atoms with van der Waals surface area (Å²) in [6, 6.07) is 7.13. The number of aryl methyl sites for hydroxylation is 2. The minimum Gasteiger partial charge on any atom is -0.356 e. The Morgan fingerprint density at radius 2 is 1.90 bits per heavy atom. The minimum atomic E-state index is -3.51. The van der Waals surface area contributed by atoms with E-state index in [1.807, 2.05) is 25.3 Å². The summed E-state index contributed by atoms with van der Waals surface area (Å²) in [4.78, 5) is 12.8. The van der Waals surface area contributed by atoms with Gasteiger partial charge in [0.25, 0.3) is 0 Å². The Morgan fingerprint density at radius 3 is 2.47 bits per heavy atom. The van der Waals surface area contributed by atoms with Gasteiger partial charge in [-0.3, -0.25) is 9.89 Å². The van der Waals surface area contributed by atoms with Gasteiger partial charge < -0.3 is 5.32 Å². The second kappa shape index (κ2) is 9.75. The molecule has 1 aromatic heterocycles. The molecular weight excluding hydrogens is 400 g/mol. The van der Waals surface area contributed by atoms with Crippen LogP contribution in [0.25, 0.3) is 0 Å². The Labute approximate surface area is 179 Å². The number of piperidine rings is 1. The number of carbonyl (C=O) groups excluding carboxylic acids is 1.